The van der Waals surface area contributed by atoms with E-state index < -0.39 is 5.79 Å². The second kappa shape index (κ2) is 10.2. The fourth-order valence-corrected chi connectivity index (χ4v) is 5.54. The largest absolute Gasteiger partial charge is 0.394 e. The molecule has 9 nitrogen and oxygen atoms in total. The van der Waals surface area contributed by atoms with E-state index in [1.807, 2.05) is 0 Å². The Bertz CT molecular complexity index is 782. The van der Waals surface area contributed by atoms with E-state index in [9.17, 15) is 9.90 Å². The minimum Gasteiger partial charge on any atom is -0.394 e. The summed E-state index contributed by atoms with van der Waals surface area (Å²) in [7, 11) is 0. The zero-order chi connectivity index (χ0) is 21.8. The lowest BCUT2D eigenvalue weighted by Gasteiger charge is -2.27. The van der Waals surface area contributed by atoms with Crippen LogP contribution in [0.4, 0.5) is 11.5 Å². The lowest BCUT2D eigenvalue weighted by atomic mass is 10.2. The highest BCUT2D eigenvalue weighted by atomic mass is 35.5. The van der Waals surface area contributed by atoms with Gasteiger partial charge in [0, 0.05) is 18.6 Å². The van der Waals surface area contributed by atoms with Gasteiger partial charge in [-0.25, -0.2) is 9.97 Å². The Morgan fingerprint density at radius 3 is 2.81 bits per heavy atom. The number of aliphatic hydroxyl groups is 1. The minimum absolute atomic E-state index is 0.0507. The summed E-state index contributed by atoms with van der Waals surface area (Å²) in [6.45, 7) is 2.27. The first-order chi connectivity index (χ1) is 15.1. The Morgan fingerprint density at radius 2 is 2.10 bits per heavy atom. The summed E-state index contributed by atoms with van der Waals surface area (Å²) < 4.78 is 18.7. The zero-order valence-corrected chi connectivity index (χ0v) is 19.1. The van der Waals surface area contributed by atoms with Gasteiger partial charge in [-0.15, -0.1) is 0 Å². The molecule has 1 aliphatic heterocycles. The molecule has 11 heteroatoms. The highest BCUT2D eigenvalue weighted by Gasteiger charge is 2.58. The lowest BCUT2D eigenvalue weighted by molar-refractivity contribution is -0.187. The lowest BCUT2D eigenvalue weighted by Crippen LogP contribution is -2.35. The SMILES string of the molecule is CCCSc1nc(Cl)c(NC=O)c(N[C@@H]2C[C@H](OCCO)[C@H]3OC4(CCCC4)O[C@H]32)n1. The van der Waals surface area contributed by atoms with Crippen LogP contribution < -0.4 is 10.6 Å². The maximum absolute atomic E-state index is 11.1. The molecule has 1 aromatic heterocycles. The maximum atomic E-state index is 11.1. The summed E-state index contributed by atoms with van der Waals surface area (Å²) in [5.74, 6) is 0.764. The van der Waals surface area contributed by atoms with E-state index in [-0.39, 0.29) is 42.7 Å². The van der Waals surface area contributed by atoms with Crippen molar-refractivity contribution < 1.29 is 24.1 Å². The Hall–Kier alpha value is -1.17. The van der Waals surface area contributed by atoms with Gasteiger partial charge in [-0.2, -0.15) is 0 Å². The third kappa shape index (κ3) is 4.94. The molecule has 0 radical (unpaired) electrons. The van der Waals surface area contributed by atoms with E-state index in [4.69, 9.17) is 25.8 Å². The molecule has 2 saturated carbocycles. The number of anilines is 2. The van der Waals surface area contributed by atoms with Crippen molar-refractivity contribution in [2.45, 2.75) is 80.7 Å². The topological polar surface area (TPSA) is 115 Å². The third-order valence-electron chi connectivity index (χ3n) is 5.87. The molecule has 3 N–H and O–H groups in total. The number of nitrogens with one attached hydrogen (secondary N) is 2. The van der Waals surface area contributed by atoms with Crippen molar-refractivity contribution in [3.63, 3.8) is 0 Å². The number of hydrogen-bond acceptors (Lipinski definition) is 9. The second-order valence-electron chi connectivity index (χ2n) is 8.03. The molecule has 4 atom stereocenters. The van der Waals surface area contributed by atoms with Crippen molar-refractivity contribution in [3.05, 3.63) is 5.15 Å². The second-order valence-corrected chi connectivity index (χ2v) is 9.45. The van der Waals surface area contributed by atoms with Crippen molar-refractivity contribution in [1.82, 2.24) is 9.97 Å². The van der Waals surface area contributed by atoms with E-state index in [0.29, 0.717) is 29.5 Å². The zero-order valence-electron chi connectivity index (χ0n) is 17.5. The van der Waals surface area contributed by atoms with Crippen molar-refractivity contribution in [2.24, 2.45) is 0 Å². The molecule has 1 aromatic rings. The van der Waals surface area contributed by atoms with Crippen molar-refractivity contribution in [1.29, 1.82) is 0 Å². The monoisotopic (exact) mass is 472 g/mol. The van der Waals surface area contributed by atoms with Crippen LogP contribution in [0.3, 0.4) is 0 Å². The first kappa shape index (κ1) is 23.0. The van der Waals surface area contributed by atoms with Gasteiger partial charge in [0.1, 0.15) is 17.9 Å². The number of halogens is 1. The number of aromatic nitrogens is 2. The molecule has 31 heavy (non-hydrogen) atoms. The summed E-state index contributed by atoms with van der Waals surface area (Å²) in [6, 6.07) is -0.157. The van der Waals surface area contributed by atoms with Gasteiger partial charge < -0.3 is 30.0 Å². The molecule has 0 bridgehead atoms. The summed E-state index contributed by atoms with van der Waals surface area (Å²) in [6.07, 6.45) is 5.38. The molecule has 4 rings (SSSR count). The van der Waals surface area contributed by atoms with Gasteiger partial charge in [-0.05, 0) is 25.7 Å². The quantitative estimate of drug-likeness (QED) is 0.204. The Morgan fingerprint density at radius 1 is 1.32 bits per heavy atom. The smallest absolute Gasteiger partial charge is 0.211 e. The number of fused-ring (bicyclic) bond motifs is 1. The standard InChI is InChI=1S/C20H29ClN4O5S/c1-2-9-31-19-24-17(21)14(22-11-27)18(25-19)23-12-10-13(28-8-7-26)16-15(12)29-20(30-16)5-3-4-6-20/h11-13,15-16,26H,2-10H2,1H3,(H,22,27)(H,23,24,25)/t12-,13+,15+,16-/m1/s1. The molecule has 1 saturated heterocycles. The van der Waals surface area contributed by atoms with Gasteiger partial charge in [0.2, 0.25) is 6.41 Å². The van der Waals surface area contributed by atoms with Crippen LogP contribution in [0.25, 0.3) is 0 Å². The van der Waals surface area contributed by atoms with Gasteiger partial charge in [-0.3, -0.25) is 4.79 Å². The molecule has 1 amide bonds. The summed E-state index contributed by atoms with van der Waals surface area (Å²) in [4.78, 5) is 20.0. The molecule has 0 unspecified atom stereocenters. The number of thioether (sulfide) groups is 1. The van der Waals surface area contributed by atoms with Crippen LogP contribution >= 0.6 is 23.4 Å². The first-order valence-electron chi connectivity index (χ1n) is 10.8. The highest BCUT2D eigenvalue weighted by molar-refractivity contribution is 7.99. The Kier molecular flexibility index (Phi) is 7.56. The van der Waals surface area contributed by atoms with Crippen LogP contribution in [0.1, 0.15) is 45.4 Å². The molecular weight excluding hydrogens is 444 g/mol. The van der Waals surface area contributed by atoms with Gasteiger partial charge in [0.05, 0.1) is 25.4 Å². The van der Waals surface area contributed by atoms with Crippen LogP contribution in [0, 0.1) is 0 Å². The van der Waals surface area contributed by atoms with Gasteiger partial charge >= 0.3 is 0 Å². The van der Waals surface area contributed by atoms with Crippen LogP contribution in [0.15, 0.2) is 5.16 Å². The molecule has 0 aromatic carbocycles. The van der Waals surface area contributed by atoms with Crippen molar-refractivity contribution >= 4 is 41.3 Å². The minimum atomic E-state index is -0.550. The summed E-state index contributed by atoms with van der Waals surface area (Å²) >= 11 is 7.86. The fraction of sp³-hybridized carbons (Fsp3) is 0.750. The summed E-state index contributed by atoms with van der Waals surface area (Å²) in [5, 5.41) is 16.0. The van der Waals surface area contributed by atoms with Crippen LogP contribution in [0.2, 0.25) is 5.15 Å². The molecule has 3 aliphatic rings. The highest BCUT2D eigenvalue weighted by Crippen LogP contribution is 2.48. The number of nitrogens with zero attached hydrogens (tertiary/aromatic N) is 2. The van der Waals surface area contributed by atoms with Crippen LogP contribution in [-0.4, -0.2) is 70.6 Å². The van der Waals surface area contributed by atoms with E-state index in [2.05, 4.69) is 27.5 Å². The van der Waals surface area contributed by atoms with Crippen LogP contribution in [-0.2, 0) is 19.0 Å². The molecule has 172 valence electrons. The third-order valence-corrected chi connectivity index (χ3v) is 7.19. The normalized spacial score (nSPS) is 28.7. The average molecular weight is 473 g/mol. The molecule has 1 spiro atoms. The van der Waals surface area contributed by atoms with E-state index in [1.165, 1.54) is 11.8 Å². The first-order valence-corrected chi connectivity index (χ1v) is 12.2. The Balaban J connectivity index is 1.58. The number of carbonyl (C=O) groups excluding carboxylic acids is 1. The predicted octanol–water partition coefficient (Wildman–Crippen LogP) is 2.82. The fourth-order valence-electron chi connectivity index (χ4n) is 4.57. The summed E-state index contributed by atoms with van der Waals surface area (Å²) in [5.41, 5.74) is 0.336. The average Bonchev–Trinajstić information content (AvgIpc) is 3.45. The van der Waals surface area contributed by atoms with E-state index >= 15 is 0 Å². The molecule has 3 fully saturated rings. The number of aliphatic hydroxyl groups excluding tert-OH is 1. The Labute approximate surface area is 191 Å². The van der Waals surface area contributed by atoms with Crippen molar-refractivity contribution in [3.8, 4) is 0 Å². The number of amides is 1. The molecular formula is C20H29ClN4O5S. The van der Waals surface area contributed by atoms with Gasteiger partial charge in [0.15, 0.2) is 21.9 Å². The van der Waals surface area contributed by atoms with Crippen molar-refractivity contribution in [2.75, 3.05) is 29.6 Å². The number of carbonyl (C=O) groups is 1. The van der Waals surface area contributed by atoms with E-state index in [1.54, 1.807) is 0 Å². The van der Waals surface area contributed by atoms with Crippen LogP contribution in [0.5, 0.6) is 0 Å². The maximum Gasteiger partial charge on any atom is 0.211 e. The number of hydrogen-bond donors (Lipinski definition) is 3. The van der Waals surface area contributed by atoms with Gasteiger partial charge in [0.25, 0.3) is 0 Å². The number of ether oxygens (including phenoxy) is 3. The number of rotatable bonds is 10. The predicted molar refractivity (Wildman–Crippen MR) is 118 cm³/mol. The van der Waals surface area contributed by atoms with Gasteiger partial charge in [-0.1, -0.05) is 30.3 Å². The molecule has 2 heterocycles. The van der Waals surface area contributed by atoms with E-state index in [0.717, 1.165) is 37.9 Å². The molecule has 2 aliphatic carbocycles.